The molecule has 18 heavy (non-hydrogen) atoms. The molecule has 0 atom stereocenters. The number of pyridine rings is 1. The van der Waals surface area contributed by atoms with E-state index in [1.54, 1.807) is 37.4 Å². The first-order valence-corrected chi connectivity index (χ1v) is 5.88. The van der Waals surface area contributed by atoms with Gasteiger partial charge in [-0.25, -0.2) is 4.98 Å². The quantitative estimate of drug-likeness (QED) is 0.843. The lowest BCUT2D eigenvalue weighted by atomic mass is 10.3. The van der Waals surface area contributed by atoms with Gasteiger partial charge in [0.1, 0.15) is 10.9 Å². The van der Waals surface area contributed by atoms with E-state index in [-0.39, 0.29) is 0 Å². The van der Waals surface area contributed by atoms with Crippen LogP contribution in [0.25, 0.3) is 0 Å². The smallest absolute Gasteiger partial charge is 0.155 e. The molecule has 1 heterocycles. The van der Waals surface area contributed by atoms with Gasteiger partial charge in [-0.15, -0.1) is 0 Å². The summed E-state index contributed by atoms with van der Waals surface area (Å²) in [5, 5.41) is 3.96. The first-order chi connectivity index (χ1) is 8.60. The van der Waals surface area contributed by atoms with Crippen LogP contribution in [0.4, 0.5) is 17.2 Å². The predicted molar refractivity (Wildman–Crippen MR) is 74.9 cm³/mol. The molecular weight excluding hydrogens is 273 g/mol. The highest BCUT2D eigenvalue weighted by Crippen LogP contribution is 2.30. The average Bonchev–Trinajstić information content (AvgIpc) is 2.36. The number of anilines is 3. The van der Waals surface area contributed by atoms with Crippen LogP contribution in [0, 0.1) is 0 Å². The van der Waals surface area contributed by atoms with E-state index in [2.05, 4.69) is 10.3 Å². The molecule has 0 fully saturated rings. The minimum atomic E-state index is 0.368. The number of nitrogen functional groups attached to an aromatic ring is 1. The molecule has 1 aromatic carbocycles. The topological polar surface area (TPSA) is 60.2 Å². The Morgan fingerprint density at radius 1 is 1.22 bits per heavy atom. The summed E-state index contributed by atoms with van der Waals surface area (Å²) in [6, 6.07) is 8.59. The highest BCUT2D eigenvalue weighted by atomic mass is 35.5. The summed E-state index contributed by atoms with van der Waals surface area (Å²) in [5.41, 5.74) is 7.07. The second-order valence-corrected chi connectivity index (χ2v) is 4.34. The van der Waals surface area contributed by atoms with Crippen molar-refractivity contribution >= 4 is 40.4 Å². The Morgan fingerprint density at radius 3 is 2.72 bits per heavy atom. The van der Waals surface area contributed by atoms with Crippen LogP contribution >= 0.6 is 23.2 Å². The van der Waals surface area contributed by atoms with E-state index in [1.165, 1.54) is 0 Å². The van der Waals surface area contributed by atoms with E-state index < -0.39 is 0 Å². The normalized spacial score (nSPS) is 10.2. The number of methoxy groups -OCH3 is 1. The van der Waals surface area contributed by atoms with Gasteiger partial charge in [0.2, 0.25) is 0 Å². The highest BCUT2D eigenvalue weighted by Gasteiger charge is 2.05. The largest absolute Gasteiger partial charge is 0.495 e. The minimum Gasteiger partial charge on any atom is -0.495 e. The number of nitrogens with zero attached hydrogens (tertiary/aromatic N) is 1. The summed E-state index contributed by atoms with van der Waals surface area (Å²) in [7, 11) is 1.55. The molecule has 2 rings (SSSR count). The summed E-state index contributed by atoms with van der Waals surface area (Å²) in [5.74, 6) is 1.06. The number of hydrogen-bond donors (Lipinski definition) is 2. The molecule has 4 nitrogen and oxygen atoms in total. The Labute approximate surface area is 115 Å². The molecular formula is C12H11Cl2N3O. The third kappa shape index (κ3) is 2.78. The number of ether oxygens (including phenoxy) is 1. The Hall–Kier alpha value is -1.65. The van der Waals surface area contributed by atoms with Crippen LogP contribution in [-0.4, -0.2) is 12.1 Å². The fourth-order valence-electron chi connectivity index (χ4n) is 1.42. The maximum Gasteiger partial charge on any atom is 0.155 e. The van der Waals surface area contributed by atoms with E-state index in [0.29, 0.717) is 27.4 Å². The number of nitrogens with two attached hydrogens (primary N) is 1. The molecule has 0 aliphatic carbocycles. The molecule has 94 valence electrons. The van der Waals surface area contributed by atoms with Gasteiger partial charge in [-0.05, 0) is 24.3 Å². The molecule has 2 aromatic rings. The van der Waals surface area contributed by atoms with Crippen molar-refractivity contribution < 1.29 is 4.74 Å². The van der Waals surface area contributed by atoms with Crippen LogP contribution in [-0.2, 0) is 0 Å². The molecule has 0 saturated carbocycles. The lowest BCUT2D eigenvalue weighted by Gasteiger charge is -2.10. The van der Waals surface area contributed by atoms with Gasteiger partial charge in [-0.2, -0.15) is 0 Å². The number of nitrogens with one attached hydrogen (secondary N) is 1. The average molecular weight is 284 g/mol. The van der Waals surface area contributed by atoms with Crippen molar-refractivity contribution in [3.05, 3.63) is 40.5 Å². The lowest BCUT2D eigenvalue weighted by molar-refractivity contribution is 0.415. The van der Waals surface area contributed by atoms with Crippen molar-refractivity contribution in [2.24, 2.45) is 0 Å². The third-order valence-corrected chi connectivity index (χ3v) is 2.83. The molecule has 0 spiro atoms. The van der Waals surface area contributed by atoms with Gasteiger partial charge in [-0.3, -0.25) is 0 Å². The summed E-state index contributed by atoms with van der Waals surface area (Å²) in [6.07, 6.45) is 0. The van der Waals surface area contributed by atoms with Crippen LogP contribution in [0.1, 0.15) is 0 Å². The van der Waals surface area contributed by atoms with Crippen LogP contribution in [0.3, 0.4) is 0 Å². The standard InChI is InChI=1S/C12H11Cl2N3O/c1-18-10-6-7(2-3-8(10)13)16-12-9(15)4-5-11(14)17-12/h2-6H,15H2,1H3,(H,16,17). The number of benzene rings is 1. The zero-order chi connectivity index (χ0) is 13.1. The molecule has 0 unspecified atom stereocenters. The molecule has 0 amide bonds. The first kappa shape index (κ1) is 12.8. The number of halogens is 2. The Morgan fingerprint density at radius 2 is 2.00 bits per heavy atom. The van der Waals surface area contributed by atoms with Crippen LogP contribution in [0.2, 0.25) is 10.2 Å². The fraction of sp³-hybridized carbons (Fsp3) is 0.0833. The van der Waals surface area contributed by atoms with E-state index in [9.17, 15) is 0 Å². The van der Waals surface area contributed by atoms with Crippen molar-refractivity contribution in [2.45, 2.75) is 0 Å². The molecule has 0 aliphatic heterocycles. The Kier molecular flexibility index (Phi) is 3.79. The second kappa shape index (κ2) is 5.33. The molecule has 0 bridgehead atoms. The van der Waals surface area contributed by atoms with Crippen molar-refractivity contribution in [3.63, 3.8) is 0 Å². The predicted octanol–water partition coefficient (Wildman–Crippen LogP) is 3.72. The SMILES string of the molecule is COc1cc(Nc2nc(Cl)ccc2N)ccc1Cl. The zero-order valence-electron chi connectivity index (χ0n) is 9.58. The van der Waals surface area contributed by atoms with E-state index in [0.717, 1.165) is 5.69 Å². The third-order valence-electron chi connectivity index (χ3n) is 2.31. The van der Waals surface area contributed by atoms with Crippen LogP contribution in [0.5, 0.6) is 5.75 Å². The number of aromatic nitrogens is 1. The summed E-state index contributed by atoms with van der Waals surface area (Å²) in [4.78, 5) is 4.10. The molecule has 6 heteroatoms. The summed E-state index contributed by atoms with van der Waals surface area (Å²) >= 11 is 11.8. The molecule has 0 saturated heterocycles. The molecule has 3 N–H and O–H groups in total. The maximum atomic E-state index is 5.94. The zero-order valence-corrected chi connectivity index (χ0v) is 11.1. The fourth-order valence-corrected chi connectivity index (χ4v) is 1.76. The van der Waals surface area contributed by atoms with Crippen molar-refractivity contribution in [3.8, 4) is 5.75 Å². The van der Waals surface area contributed by atoms with Crippen molar-refractivity contribution in [1.29, 1.82) is 0 Å². The van der Waals surface area contributed by atoms with E-state index in [4.69, 9.17) is 33.7 Å². The van der Waals surface area contributed by atoms with Crippen LogP contribution < -0.4 is 15.8 Å². The van der Waals surface area contributed by atoms with E-state index in [1.807, 2.05) is 0 Å². The van der Waals surface area contributed by atoms with Gasteiger partial charge in [0.15, 0.2) is 5.82 Å². The van der Waals surface area contributed by atoms with Crippen molar-refractivity contribution in [1.82, 2.24) is 4.98 Å². The molecule has 0 radical (unpaired) electrons. The Balaban J connectivity index is 2.31. The lowest BCUT2D eigenvalue weighted by Crippen LogP contribution is -1.99. The molecule has 0 aliphatic rings. The van der Waals surface area contributed by atoms with Gasteiger partial charge in [-0.1, -0.05) is 23.2 Å². The van der Waals surface area contributed by atoms with Gasteiger partial charge >= 0.3 is 0 Å². The Bertz CT molecular complexity index is 575. The minimum absolute atomic E-state index is 0.368. The maximum absolute atomic E-state index is 5.94. The second-order valence-electron chi connectivity index (χ2n) is 3.55. The summed E-state index contributed by atoms with van der Waals surface area (Å²) in [6.45, 7) is 0. The van der Waals surface area contributed by atoms with Crippen molar-refractivity contribution in [2.75, 3.05) is 18.2 Å². The molecule has 1 aromatic heterocycles. The first-order valence-electron chi connectivity index (χ1n) is 5.12. The number of rotatable bonds is 3. The van der Waals surface area contributed by atoms with Gasteiger partial charge < -0.3 is 15.8 Å². The van der Waals surface area contributed by atoms with E-state index >= 15 is 0 Å². The van der Waals surface area contributed by atoms with Gasteiger partial charge in [0.25, 0.3) is 0 Å². The van der Waals surface area contributed by atoms with Gasteiger partial charge in [0.05, 0.1) is 17.8 Å². The highest BCUT2D eigenvalue weighted by molar-refractivity contribution is 6.32. The van der Waals surface area contributed by atoms with Gasteiger partial charge in [0, 0.05) is 11.8 Å². The monoisotopic (exact) mass is 283 g/mol. The van der Waals surface area contributed by atoms with Crippen LogP contribution in [0.15, 0.2) is 30.3 Å². The summed E-state index contributed by atoms with van der Waals surface area (Å²) < 4.78 is 5.13. The number of hydrogen-bond acceptors (Lipinski definition) is 4.